The van der Waals surface area contributed by atoms with Gasteiger partial charge in [0.25, 0.3) is 0 Å². The molecule has 2 aromatic rings. The number of hydrogen-bond donors (Lipinski definition) is 0. The fourth-order valence-corrected chi connectivity index (χ4v) is 3.43. The van der Waals surface area contributed by atoms with Gasteiger partial charge >= 0.3 is 0 Å². The summed E-state index contributed by atoms with van der Waals surface area (Å²) in [6.07, 6.45) is 2.30. The molecule has 1 aliphatic heterocycles. The summed E-state index contributed by atoms with van der Waals surface area (Å²) in [6, 6.07) is 2.12. The first-order valence-electron chi connectivity index (χ1n) is 7.39. The molecule has 3 rings (SSSR count). The topological polar surface area (TPSA) is 54.3 Å². The normalized spacial score (nSPS) is 18.2. The van der Waals surface area contributed by atoms with Gasteiger partial charge < -0.3 is 4.90 Å². The van der Waals surface area contributed by atoms with Gasteiger partial charge in [0.05, 0.1) is 28.9 Å². The molecule has 0 saturated heterocycles. The largest absolute Gasteiger partial charge is 0.349 e. The summed E-state index contributed by atoms with van der Waals surface area (Å²) in [5, 5.41) is 7.61. The lowest BCUT2D eigenvalue weighted by Crippen LogP contribution is -2.39. The summed E-state index contributed by atoms with van der Waals surface area (Å²) < 4.78 is 2.00. The molecule has 6 nitrogen and oxygen atoms in total. The molecule has 0 radical (unpaired) electrons. The van der Waals surface area contributed by atoms with Crippen LogP contribution in [0.25, 0.3) is 0 Å². The minimum Gasteiger partial charge on any atom is -0.349 e. The molecule has 0 bridgehead atoms. The number of thiazole rings is 1. The van der Waals surface area contributed by atoms with Crippen molar-refractivity contribution in [3.8, 4) is 0 Å². The highest BCUT2D eigenvalue weighted by Gasteiger charge is 2.28. The minimum atomic E-state index is 0.0911. The lowest BCUT2D eigenvalue weighted by Gasteiger charge is -2.33. The zero-order valence-electron chi connectivity index (χ0n) is 13.2. The molecule has 0 N–H and O–H groups in total. The van der Waals surface area contributed by atoms with Gasteiger partial charge in [-0.3, -0.25) is 14.4 Å². The van der Waals surface area contributed by atoms with Gasteiger partial charge in [0.15, 0.2) is 0 Å². The van der Waals surface area contributed by atoms with Crippen molar-refractivity contribution in [3.05, 3.63) is 34.0 Å². The van der Waals surface area contributed by atoms with Gasteiger partial charge in [0.2, 0.25) is 5.91 Å². The lowest BCUT2D eigenvalue weighted by molar-refractivity contribution is -0.129. The quantitative estimate of drug-likeness (QED) is 0.860. The Morgan fingerprint density at radius 3 is 3.00 bits per heavy atom. The monoisotopic (exact) mass is 319 g/mol. The molecule has 2 aromatic heterocycles. The Morgan fingerprint density at radius 2 is 2.32 bits per heavy atom. The second-order valence-corrected chi connectivity index (χ2v) is 7.00. The van der Waals surface area contributed by atoms with Crippen molar-refractivity contribution in [3.63, 3.8) is 0 Å². The van der Waals surface area contributed by atoms with E-state index in [2.05, 4.69) is 20.4 Å². The van der Waals surface area contributed by atoms with E-state index in [9.17, 15) is 4.79 Å². The summed E-state index contributed by atoms with van der Waals surface area (Å²) in [6.45, 7) is 4.52. The van der Waals surface area contributed by atoms with Crippen molar-refractivity contribution in [2.45, 2.75) is 32.5 Å². The molecule has 7 heteroatoms. The number of fused-ring (bicyclic) bond motifs is 1. The molecule has 0 aromatic carbocycles. The van der Waals surface area contributed by atoms with Crippen LogP contribution in [-0.4, -0.2) is 51.1 Å². The van der Waals surface area contributed by atoms with E-state index in [1.165, 1.54) is 0 Å². The van der Waals surface area contributed by atoms with Crippen molar-refractivity contribution in [2.24, 2.45) is 0 Å². The van der Waals surface area contributed by atoms with Crippen LogP contribution in [0, 0.1) is 6.92 Å². The summed E-state index contributed by atoms with van der Waals surface area (Å²) in [4.78, 5) is 20.6. The molecule has 1 atom stereocenters. The number of nitrogens with zero attached hydrogens (tertiary/aromatic N) is 5. The van der Waals surface area contributed by atoms with Crippen LogP contribution in [0.2, 0.25) is 0 Å². The highest BCUT2D eigenvalue weighted by molar-refractivity contribution is 7.09. The van der Waals surface area contributed by atoms with Crippen LogP contribution in [0.1, 0.15) is 28.9 Å². The van der Waals surface area contributed by atoms with E-state index in [0.29, 0.717) is 6.42 Å². The van der Waals surface area contributed by atoms with E-state index in [4.69, 9.17) is 0 Å². The Bertz CT molecular complexity index is 662. The average molecular weight is 319 g/mol. The van der Waals surface area contributed by atoms with Gasteiger partial charge in [-0.1, -0.05) is 0 Å². The molecule has 1 unspecified atom stereocenters. The number of aryl methyl sites for hydroxylation is 1. The third-order valence-corrected chi connectivity index (χ3v) is 4.74. The molecule has 22 heavy (non-hydrogen) atoms. The summed E-state index contributed by atoms with van der Waals surface area (Å²) in [5.74, 6) is 0.137. The molecule has 0 fully saturated rings. The zero-order valence-corrected chi connectivity index (χ0v) is 14.0. The van der Waals surface area contributed by atoms with Gasteiger partial charge in [-0.2, -0.15) is 5.10 Å². The first kappa shape index (κ1) is 15.2. The number of aromatic nitrogens is 3. The number of hydrogen-bond acceptors (Lipinski definition) is 5. The number of rotatable bonds is 4. The minimum absolute atomic E-state index is 0.0911. The van der Waals surface area contributed by atoms with Crippen molar-refractivity contribution >= 4 is 17.2 Å². The van der Waals surface area contributed by atoms with Crippen LogP contribution in [0.5, 0.6) is 0 Å². The van der Waals surface area contributed by atoms with Gasteiger partial charge in [0, 0.05) is 45.3 Å². The smallest absolute Gasteiger partial charge is 0.224 e. The Hall–Kier alpha value is -1.73. The number of carbonyl (C=O) groups excluding carboxylic acids is 1. The number of carbonyl (C=O) groups is 1. The fraction of sp³-hybridized carbons (Fsp3) is 0.533. The molecule has 0 aliphatic carbocycles. The maximum absolute atomic E-state index is 12.1. The van der Waals surface area contributed by atoms with E-state index in [1.807, 2.05) is 23.9 Å². The molecule has 0 spiro atoms. The Balaban J connectivity index is 1.75. The zero-order chi connectivity index (χ0) is 15.7. The van der Waals surface area contributed by atoms with Crippen LogP contribution in [-0.2, 0) is 17.9 Å². The van der Waals surface area contributed by atoms with E-state index in [0.717, 1.165) is 36.0 Å². The van der Waals surface area contributed by atoms with E-state index in [1.54, 1.807) is 30.3 Å². The molecule has 1 amide bonds. The van der Waals surface area contributed by atoms with Gasteiger partial charge in [-0.25, -0.2) is 4.98 Å². The first-order valence-corrected chi connectivity index (χ1v) is 8.27. The Kier molecular flexibility index (Phi) is 4.26. The fourth-order valence-electron chi connectivity index (χ4n) is 2.83. The van der Waals surface area contributed by atoms with Crippen molar-refractivity contribution in [2.75, 3.05) is 20.6 Å². The van der Waals surface area contributed by atoms with Crippen molar-refractivity contribution in [1.29, 1.82) is 0 Å². The second-order valence-electron chi connectivity index (χ2n) is 5.94. The second kappa shape index (κ2) is 6.18. The summed E-state index contributed by atoms with van der Waals surface area (Å²) in [5.41, 5.74) is 2.27. The molecule has 3 heterocycles. The third-order valence-electron chi connectivity index (χ3n) is 3.91. The van der Waals surface area contributed by atoms with Gasteiger partial charge in [-0.15, -0.1) is 11.3 Å². The third kappa shape index (κ3) is 3.20. The average Bonchev–Trinajstić information content (AvgIpc) is 3.07. The maximum Gasteiger partial charge on any atom is 0.224 e. The lowest BCUT2D eigenvalue weighted by atomic mass is 10.1. The van der Waals surface area contributed by atoms with Crippen LogP contribution >= 0.6 is 11.3 Å². The summed E-state index contributed by atoms with van der Waals surface area (Å²) >= 11 is 1.68. The molecular formula is C15H21N5OS. The molecule has 118 valence electrons. The van der Waals surface area contributed by atoms with Gasteiger partial charge in [-0.05, 0) is 13.0 Å². The Labute approximate surface area is 134 Å². The van der Waals surface area contributed by atoms with E-state index in [-0.39, 0.29) is 11.9 Å². The van der Waals surface area contributed by atoms with E-state index >= 15 is 0 Å². The highest BCUT2D eigenvalue weighted by Crippen LogP contribution is 2.25. The van der Waals surface area contributed by atoms with Crippen LogP contribution in [0.15, 0.2) is 17.6 Å². The van der Waals surface area contributed by atoms with Crippen molar-refractivity contribution < 1.29 is 4.79 Å². The predicted molar refractivity (Wildman–Crippen MR) is 85.5 cm³/mol. The van der Waals surface area contributed by atoms with Crippen LogP contribution in [0.3, 0.4) is 0 Å². The maximum atomic E-state index is 12.1. The van der Waals surface area contributed by atoms with Crippen molar-refractivity contribution in [1.82, 2.24) is 24.6 Å². The van der Waals surface area contributed by atoms with Gasteiger partial charge in [0.1, 0.15) is 0 Å². The molecular weight excluding hydrogens is 298 g/mol. The standard InChI is InChI=1S/C15H21N5OS/c1-11-17-12(10-22-11)7-19-8-13-4-5-16-20(13)14(9-19)6-15(21)18(2)3/h4-5,10,14H,6-9H2,1-3H3. The first-order chi connectivity index (χ1) is 10.5. The van der Waals surface area contributed by atoms with E-state index < -0.39 is 0 Å². The summed E-state index contributed by atoms with van der Waals surface area (Å²) in [7, 11) is 3.59. The Morgan fingerprint density at radius 1 is 1.50 bits per heavy atom. The predicted octanol–water partition coefficient (Wildman–Crippen LogP) is 1.68. The number of amides is 1. The highest BCUT2D eigenvalue weighted by atomic mass is 32.1. The SMILES string of the molecule is Cc1nc(CN2Cc3ccnn3C(CC(=O)N(C)C)C2)cs1. The van der Waals surface area contributed by atoms with Crippen LogP contribution in [0.4, 0.5) is 0 Å². The molecule has 0 saturated carbocycles. The van der Waals surface area contributed by atoms with Crippen LogP contribution < -0.4 is 0 Å². The molecule has 1 aliphatic rings.